The third kappa shape index (κ3) is 7.31. The molecule has 0 saturated heterocycles. The lowest BCUT2D eigenvalue weighted by Crippen LogP contribution is -2.30. The van der Waals surface area contributed by atoms with E-state index >= 15 is 0 Å². The highest BCUT2D eigenvalue weighted by Crippen LogP contribution is 2.30. The highest BCUT2D eigenvalue weighted by molar-refractivity contribution is 5.94. The van der Waals surface area contributed by atoms with Gasteiger partial charge in [0.15, 0.2) is 5.82 Å². The number of rotatable bonds is 7. The van der Waals surface area contributed by atoms with Gasteiger partial charge in [0, 0.05) is 34.3 Å². The summed E-state index contributed by atoms with van der Waals surface area (Å²) in [6, 6.07) is 21.2. The molecule has 1 atom stereocenters. The minimum atomic E-state index is -0.628. The quantitative estimate of drug-likeness (QED) is 0.184. The van der Waals surface area contributed by atoms with Crippen LogP contribution in [0.1, 0.15) is 48.5 Å². The number of carbonyl (C=O) groups excluding carboxylic acids is 2. The third-order valence-corrected chi connectivity index (χ3v) is 6.54. The lowest BCUT2D eigenvalue weighted by atomic mass is 10.1. The lowest BCUT2D eigenvalue weighted by Gasteiger charge is -2.22. The van der Waals surface area contributed by atoms with E-state index in [0.717, 1.165) is 33.2 Å². The number of nitrogens with one attached hydrogen (secondary N) is 2. The van der Waals surface area contributed by atoms with Gasteiger partial charge in [-0.15, -0.1) is 0 Å². The fourth-order valence-electron chi connectivity index (χ4n) is 4.52. The van der Waals surface area contributed by atoms with Crippen LogP contribution >= 0.6 is 0 Å². The minimum absolute atomic E-state index is 0.245. The summed E-state index contributed by atoms with van der Waals surface area (Å²) in [6.45, 7) is 13.3. The summed E-state index contributed by atoms with van der Waals surface area (Å²) < 4.78 is 12.3. The molecule has 0 aliphatic carbocycles. The van der Waals surface area contributed by atoms with Gasteiger partial charge in [0.25, 0.3) is 0 Å². The van der Waals surface area contributed by atoms with Gasteiger partial charge in [-0.1, -0.05) is 31.2 Å². The zero-order chi connectivity index (χ0) is 31.6. The number of hydrogen-bond donors (Lipinski definition) is 2. The van der Waals surface area contributed by atoms with E-state index < -0.39 is 17.3 Å². The predicted octanol–water partition coefficient (Wildman–Crippen LogP) is 7.56. The Morgan fingerprint density at radius 3 is 2.36 bits per heavy atom. The Labute approximate surface area is 256 Å². The van der Waals surface area contributed by atoms with Gasteiger partial charge < -0.3 is 20.1 Å². The topological polar surface area (TPSA) is 120 Å². The Balaban J connectivity index is 1.40. The van der Waals surface area contributed by atoms with Gasteiger partial charge in [-0.25, -0.2) is 14.8 Å². The summed E-state index contributed by atoms with van der Waals surface area (Å²) in [4.78, 5) is 34.8. The van der Waals surface area contributed by atoms with E-state index in [2.05, 4.69) is 15.7 Å². The summed E-state index contributed by atoms with van der Waals surface area (Å²) in [5.74, 6) is 0.625. The Morgan fingerprint density at radius 1 is 0.864 bits per heavy atom. The number of nitrogens with zero attached hydrogens (tertiary/aromatic N) is 4. The largest absolute Gasteiger partial charge is 0.460 e. The van der Waals surface area contributed by atoms with Gasteiger partial charge in [-0.3, -0.25) is 4.79 Å². The Morgan fingerprint density at radius 2 is 1.61 bits per heavy atom. The Hall–Kier alpha value is -4.99. The van der Waals surface area contributed by atoms with Crippen molar-refractivity contribution >= 4 is 51.1 Å². The fourth-order valence-corrected chi connectivity index (χ4v) is 4.52. The van der Waals surface area contributed by atoms with Crippen LogP contribution in [0.5, 0.6) is 0 Å². The molecule has 0 saturated carbocycles. The molecule has 0 radical (unpaired) electrons. The molecule has 228 valence electrons. The first-order valence-electron chi connectivity index (χ1n) is 14.6. The lowest BCUT2D eigenvalue weighted by molar-refractivity contribution is -0.158. The molecule has 3 aromatic carbocycles. The van der Waals surface area contributed by atoms with Crippen LogP contribution in [-0.2, 0) is 14.3 Å². The first kappa shape index (κ1) is 30.5. The molecule has 2 aromatic heterocycles. The van der Waals surface area contributed by atoms with Crippen LogP contribution in [0, 0.1) is 5.92 Å². The summed E-state index contributed by atoms with van der Waals surface area (Å²) in [7, 11) is 0. The molecule has 10 heteroatoms. The highest BCUT2D eigenvalue weighted by Gasteiger charge is 2.22. The molecule has 2 N–H and O–H groups in total. The molecular formula is C34H38N6O4. The zero-order valence-corrected chi connectivity index (χ0v) is 26.1. The monoisotopic (exact) mass is 594 g/mol. The van der Waals surface area contributed by atoms with Crippen LogP contribution in [0.15, 0.2) is 72.9 Å². The summed E-state index contributed by atoms with van der Waals surface area (Å²) in [5, 5.41) is 12.7. The maximum atomic E-state index is 12.6. The van der Waals surface area contributed by atoms with Crippen LogP contribution < -0.4 is 10.6 Å². The number of para-hydroxylation sites is 1. The number of benzene rings is 3. The van der Waals surface area contributed by atoms with Gasteiger partial charge in [0.05, 0.1) is 23.1 Å². The summed E-state index contributed by atoms with van der Waals surface area (Å²) in [5.41, 5.74) is 2.72. The van der Waals surface area contributed by atoms with Crippen LogP contribution in [-0.4, -0.2) is 49.6 Å². The van der Waals surface area contributed by atoms with E-state index in [9.17, 15) is 9.59 Å². The zero-order valence-electron chi connectivity index (χ0n) is 26.1. The molecule has 0 unspecified atom stereocenters. The molecule has 2 heterocycles. The standard InChI is InChI=1S/C34H38N6O4/c1-21(31(41)43-33(2,3)4)19-35-24-12-10-11-22(17-24)29-38-27-14-9-8-13-26(27)30(39-29)37-25-15-16-28-23(18-25)20-36-40(28)32(42)44-34(5,6)7/h8-18,20-21,35H,19H2,1-7H3,(H,37,38,39)/t21-/m1/s1. The SMILES string of the molecule is C[C@H](CNc1cccc(-c2nc(Nc3ccc4c(cnn4C(=O)OC(C)(C)C)c3)c3ccccc3n2)c1)C(=O)OC(C)(C)C. The Kier molecular flexibility index (Phi) is 8.27. The smallest absolute Gasteiger partial charge is 0.435 e. The van der Waals surface area contributed by atoms with Crippen molar-refractivity contribution in [3.05, 3.63) is 72.9 Å². The summed E-state index contributed by atoms with van der Waals surface area (Å²) >= 11 is 0. The predicted molar refractivity (Wildman–Crippen MR) is 173 cm³/mol. The normalized spacial score (nSPS) is 12.6. The minimum Gasteiger partial charge on any atom is -0.460 e. The summed E-state index contributed by atoms with van der Waals surface area (Å²) in [6.07, 6.45) is 1.10. The van der Waals surface area contributed by atoms with Crippen LogP contribution in [0.4, 0.5) is 22.0 Å². The highest BCUT2D eigenvalue weighted by atomic mass is 16.6. The number of ether oxygens (including phenoxy) is 2. The van der Waals surface area contributed by atoms with Gasteiger partial charge in [0.1, 0.15) is 17.0 Å². The van der Waals surface area contributed by atoms with Crippen molar-refractivity contribution in [1.82, 2.24) is 19.7 Å². The van der Waals surface area contributed by atoms with E-state index in [1.54, 1.807) is 6.20 Å². The molecule has 5 aromatic rings. The molecule has 0 fully saturated rings. The average molecular weight is 595 g/mol. The third-order valence-electron chi connectivity index (χ3n) is 6.54. The van der Waals surface area contributed by atoms with Crippen LogP contribution in [0.2, 0.25) is 0 Å². The number of hydrogen-bond acceptors (Lipinski definition) is 9. The number of carbonyl (C=O) groups is 2. The Bertz CT molecular complexity index is 1830. The number of anilines is 3. The average Bonchev–Trinajstić information content (AvgIpc) is 3.38. The van der Waals surface area contributed by atoms with Crippen molar-refractivity contribution in [2.45, 2.75) is 59.7 Å². The molecule has 0 spiro atoms. The first-order valence-corrected chi connectivity index (χ1v) is 14.6. The van der Waals surface area contributed by atoms with E-state index in [1.165, 1.54) is 4.68 Å². The maximum absolute atomic E-state index is 12.6. The molecule has 0 bridgehead atoms. The molecule has 44 heavy (non-hydrogen) atoms. The number of esters is 1. The molecule has 10 nitrogen and oxygen atoms in total. The van der Waals surface area contributed by atoms with Crippen molar-refractivity contribution < 1.29 is 19.1 Å². The molecule has 0 amide bonds. The van der Waals surface area contributed by atoms with Crippen molar-refractivity contribution in [3.63, 3.8) is 0 Å². The van der Waals surface area contributed by atoms with Gasteiger partial charge in [-0.05, 0) is 84.0 Å². The molecular weight excluding hydrogens is 556 g/mol. The maximum Gasteiger partial charge on any atom is 0.435 e. The van der Waals surface area contributed by atoms with Crippen molar-refractivity contribution in [2.75, 3.05) is 17.2 Å². The van der Waals surface area contributed by atoms with Gasteiger partial charge >= 0.3 is 12.1 Å². The van der Waals surface area contributed by atoms with E-state index in [1.807, 2.05) is 115 Å². The van der Waals surface area contributed by atoms with Crippen LogP contribution in [0.25, 0.3) is 33.2 Å². The van der Waals surface area contributed by atoms with Gasteiger partial charge in [0.2, 0.25) is 0 Å². The second-order valence-electron chi connectivity index (χ2n) is 12.7. The van der Waals surface area contributed by atoms with E-state index in [4.69, 9.17) is 19.4 Å². The number of fused-ring (bicyclic) bond motifs is 2. The van der Waals surface area contributed by atoms with E-state index in [0.29, 0.717) is 23.7 Å². The van der Waals surface area contributed by atoms with Crippen LogP contribution in [0.3, 0.4) is 0 Å². The first-order chi connectivity index (χ1) is 20.8. The molecule has 0 aliphatic heterocycles. The van der Waals surface area contributed by atoms with E-state index in [-0.39, 0.29) is 11.9 Å². The molecule has 0 aliphatic rings. The number of aromatic nitrogens is 4. The molecule has 5 rings (SSSR count). The fraction of sp³-hybridized carbons (Fsp3) is 0.324. The van der Waals surface area contributed by atoms with Gasteiger partial charge in [-0.2, -0.15) is 9.78 Å². The second kappa shape index (κ2) is 11.9. The van der Waals surface area contributed by atoms with Crippen molar-refractivity contribution in [1.29, 1.82) is 0 Å². The second-order valence-corrected chi connectivity index (χ2v) is 12.7. The van der Waals surface area contributed by atoms with Crippen molar-refractivity contribution in [3.8, 4) is 11.4 Å². The van der Waals surface area contributed by atoms with Crippen molar-refractivity contribution in [2.24, 2.45) is 5.92 Å².